The quantitative estimate of drug-likeness (QED) is 0.415. The molecule has 0 aliphatic heterocycles. The lowest BCUT2D eigenvalue weighted by molar-refractivity contribution is -0.164. The molecule has 0 aliphatic carbocycles. The fraction of sp³-hybridized carbons (Fsp3) is 0.435. The van der Waals surface area contributed by atoms with E-state index >= 15 is 0 Å². The fourth-order valence-electron chi connectivity index (χ4n) is 3.18. The van der Waals surface area contributed by atoms with Crippen molar-refractivity contribution in [3.05, 3.63) is 56.0 Å². The van der Waals surface area contributed by atoms with Crippen molar-refractivity contribution < 1.29 is 27.4 Å². The molecule has 2 rings (SSSR count). The van der Waals surface area contributed by atoms with Crippen LogP contribution in [0.25, 0.3) is 0 Å². The van der Waals surface area contributed by atoms with Crippen LogP contribution in [-0.2, 0) is 30.9 Å². The Bertz CT molecular complexity index is 1130. The Balaban J connectivity index is 2.68. The molecule has 0 spiro atoms. The maximum Gasteiger partial charge on any atom is 0.339 e. The van der Waals surface area contributed by atoms with Crippen molar-refractivity contribution in [2.24, 2.45) is 0 Å². The van der Waals surface area contributed by atoms with Crippen molar-refractivity contribution in [1.29, 1.82) is 0 Å². The molecule has 10 heteroatoms. The summed E-state index contributed by atoms with van der Waals surface area (Å²) in [5, 5.41) is 0.602. The van der Waals surface area contributed by atoms with E-state index in [0.717, 1.165) is 11.8 Å². The number of carbonyl (C=O) groups excluding carboxylic acids is 1. The molecule has 2 aromatic rings. The minimum absolute atomic E-state index is 0.181. The van der Waals surface area contributed by atoms with Gasteiger partial charge in [0.2, 0.25) is 10.0 Å². The third kappa shape index (κ3) is 7.34. The molecule has 33 heavy (non-hydrogen) atoms. The van der Waals surface area contributed by atoms with Crippen LogP contribution in [0.15, 0.2) is 28.7 Å². The average Bonchev–Trinajstić information content (AvgIpc) is 2.70. The Morgan fingerprint density at radius 3 is 2.21 bits per heavy atom. The van der Waals surface area contributed by atoms with Crippen LogP contribution in [0.5, 0.6) is 5.75 Å². The second-order valence-electron chi connectivity index (χ2n) is 8.60. The Morgan fingerprint density at radius 1 is 1.15 bits per heavy atom. The molecule has 0 saturated carbocycles. The predicted molar refractivity (Wildman–Crippen MR) is 133 cm³/mol. The van der Waals surface area contributed by atoms with Gasteiger partial charge in [0.15, 0.2) is 6.10 Å². The summed E-state index contributed by atoms with van der Waals surface area (Å²) in [5.41, 5.74) is 1.94. The van der Waals surface area contributed by atoms with Gasteiger partial charge in [-0.05, 0) is 73.8 Å². The molecule has 0 bridgehead atoms. The second kappa shape index (κ2) is 10.6. The van der Waals surface area contributed by atoms with E-state index in [1.165, 1.54) is 7.11 Å². The fourth-order valence-corrected chi connectivity index (χ4v) is 4.61. The minimum Gasteiger partial charge on any atom is -0.486 e. The molecule has 1 atom stereocenters. The van der Waals surface area contributed by atoms with Gasteiger partial charge in [-0.1, -0.05) is 23.7 Å². The zero-order valence-corrected chi connectivity index (χ0v) is 22.9. The van der Waals surface area contributed by atoms with E-state index in [-0.39, 0.29) is 12.3 Å². The number of ether oxygens (including phenoxy) is 3. The predicted octanol–water partition coefficient (Wildman–Crippen LogP) is 5.70. The van der Waals surface area contributed by atoms with Crippen molar-refractivity contribution in [2.45, 2.75) is 52.9 Å². The highest BCUT2D eigenvalue weighted by Gasteiger charge is 2.34. The normalized spacial score (nSPS) is 12.9. The Kier molecular flexibility index (Phi) is 8.84. The third-order valence-corrected chi connectivity index (χ3v) is 6.49. The maximum atomic E-state index is 12.7. The molecule has 0 saturated heterocycles. The number of nitrogens with one attached hydrogen (secondary N) is 1. The summed E-state index contributed by atoms with van der Waals surface area (Å²) in [6, 6.07) is 7.14. The molecule has 1 N–H and O–H groups in total. The van der Waals surface area contributed by atoms with Gasteiger partial charge in [-0.3, -0.25) is 4.72 Å². The van der Waals surface area contributed by atoms with Crippen LogP contribution in [-0.4, -0.2) is 33.4 Å². The Hall–Kier alpha value is -1.81. The lowest BCUT2D eigenvalue weighted by atomic mass is 9.97. The van der Waals surface area contributed by atoms with Crippen LogP contribution in [0.1, 0.15) is 49.1 Å². The Labute approximate surface area is 208 Å². The molecule has 0 radical (unpaired) electrons. The number of anilines is 1. The monoisotopic (exact) mass is 561 g/mol. The van der Waals surface area contributed by atoms with E-state index in [9.17, 15) is 13.2 Å². The molecule has 1 unspecified atom stereocenters. The standard InChI is InChI=1S/C23H29BrClNO6S/c1-13-17(21(22(27)30-6)32-23(3,4)5)18(24)14(2)20(19(13)26-33(7,28)29)31-12-15-8-10-16(25)11-9-15/h8-11,21,26H,12H2,1-7H3. The van der Waals surface area contributed by atoms with Crippen molar-refractivity contribution in [3.63, 3.8) is 0 Å². The second-order valence-corrected chi connectivity index (χ2v) is 11.6. The van der Waals surface area contributed by atoms with Gasteiger partial charge in [0.25, 0.3) is 0 Å². The van der Waals surface area contributed by atoms with Gasteiger partial charge in [-0.15, -0.1) is 0 Å². The molecule has 182 valence electrons. The SMILES string of the molecule is COC(=O)C(OC(C)(C)C)c1c(C)c(NS(C)(=O)=O)c(OCc2ccc(Cl)cc2)c(C)c1Br. The zero-order valence-electron chi connectivity index (χ0n) is 19.7. The first-order valence-corrected chi connectivity index (χ1v) is 13.1. The number of halogens is 2. The number of carbonyl (C=O) groups is 1. The number of benzene rings is 2. The molecular formula is C23H29BrClNO6S. The highest BCUT2D eigenvalue weighted by Crippen LogP contribution is 2.45. The van der Waals surface area contributed by atoms with Gasteiger partial charge >= 0.3 is 5.97 Å². The van der Waals surface area contributed by atoms with E-state index in [2.05, 4.69) is 20.7 Å². The van der Waals surface area contributed by atoms with Gasteiger partial charge in [0, 0.05) is 20.6 Å². The lowest BCUT2D eigenvalue weighted by Gasteiger charge is -2.30. The molecule has 0 fully saturated rings. The summed E-state index contributed by atoms with van der Waals surface area (Å²) in [6.07, 6.45) is -0.0379. The third-order valence-electron chi connectivity index (χ3n) is 4.65. The molecule has 0 aromatic heterocycles. The van der Waals surface area contributed by atoms with Crippen LogP contribution in [0.3, 0.4) is 0 Å². The van der Waals surface area contributed by atoms with Crippen LogP contribution < -0.4 is 9.46 Å². The van der Waals surface area contributed by atoms with E-state index in [4.69, 9.17) is 25.8 Å². The summed E-state index contributed by atoms with van der Waals surface area (Å²) < 4.78 is 44.6. The number of hydrogen-bond donors (Lipinski definition) is 1. The summed E-state index contributed by atoms with van der Waals surface area (Å²) in [5.74, 6) is -0.267. The summed E-state index contributed by atoms with van der Waals surface area (Å²) in [7, 11) is -2.39. The minimum atomic E-state index is -3.66. The van der Waals surface area contributed by atoms with Gasteiger partial charge in [0.05, 0.1) is 24.7 Å². The first-order chi connectivity index (χ1) is 15.1. The molecule has 2 aromatic carbocycles. The van der Waals surface area contributed by atoms with Crippen LogP contribution in [0.2, 0.25) is 5.02 Å². The van der Waals surface area contributed by atoms with E-state index in [1.54, 1.807) is 26.0 Å². The highest BCUT2D eigenvalue weighted by molar-refractivity contribution is 9.10. The smallest absolute Gasteiger partial charge is 0.339 e. The molecule has 0 heterocycles. The van der Waals surface area contributed by atoms with Crippen LogP contribution in [0.4, 0.5) is 5.69 Å². The van der Waals surface area contributed by atoms with Gasteiger partial charge in [-0.25, -0.2) is 13.2 Å². The molecular weight excluding hydrogens is 534 g/mol. The van der Waals surface area contributed by atoms with Crippen molar-refractivity contribution in [2.75, 3.05) is 18.1 Å². The van der Waals surface area contributed by atoms with Crippen molar-refractivity contribution in [1.82, 2.24) is 0 Å². The van der Waals surface area contributed by atoms with Crippen molar-refractivity contribution in [3.8, 4) is 5.75 Å². The first kappa shape index (κ1) is 27.4. The average molecular weight is 563 g/mol. The lowest BCUT2D eigenvalue weighted by Crippen LogP contribution is -2.29. The number of esters is 1. The van der Waals surface area contributed by atoms with E-state index < -0.39 is 27.7 Å². The number of methoxy groups -OCH3 is 1. The maximum absolute atomic E-state index is 12.7. The molecule has 7 nitrogen and oxygen atoms in total. The van der Waals surface area contributed by atoms with Gasteiger partial charge < -0.3 is 14.2 Å². The largest absolute Gasteiger partial charge is 0.486 e. The molecule has 0 aliphatic rings. The van der Waals surface area contributed by atoms with E-state index in [0.29, 0.717) is 31.9 Å². The summed E-state index contributed by atoms with van der Waals surface area (Å²) in [6.45, 7) is 9.10. The van der Waals surface area contributed by atoms with E-state index in [1.807, 2.05) is 32.9 Å². The van der Waals surface area contributed by atoms with Crippen LogP contribution in [0, 0.1) is 13.8 Å². The topological polar surface area (TPSA) is 90.9 Å². The first-order valence-electron chi connectivity index (χ1n) is 10.1. The van der Waals surface area contributed by atoms with Gasteiger partial charge in [-0.2, -0.15) is 0 Å². The van der Waals surface area contributed by atoms with Crippen molar-refractivity contribution >= 4 is 49.2 Å². The summed E-state index contributed by atoms with van der Waals surface area (Å²) >= 11 is 9.53. The number of rotatable bonds is 8. The van der Waals surface area contributed by atoms with Crippen LogP contribution >= 0.6 is 27.5 Å². The number of hydrogen-bond acceptors (Lipinski definition) is 6. The summed E-state index contributed by atoms with van der Waals surface area (Å²) in [4.78, 5) is 12.7. The highest BCUT2D eigenvalue weighted by atomic mass is 79.9. The molecule has 0 amide bonds. The zero-order chi connectivity index (χ0) is 25.1. The van der Waals surface area contributed by atoms with Gasteiger partial charge in [0.1, 0.15) is 12.4 Å². The Morgan fingerprint density at radius 2 is 1.73 bits per heavy atom. The number of sulfonamides is 1.